The second-order valence-electron chi connectivity index (χ2n) is 7.57. The van der Waals surface area contributed by atoms with Crippen LogP contribution in [0.15, 0.2) is 42.5 Å². The number of anilines is 2. The minimum absolute atomic E-state index is 0.136. The molecule has 35 heavy (non-hydrogen) atoms. The van der Waals surface area contributed by atoms with Crippen molar-refractivity contribution in [2.24, 2.45) is 0 Å². The second kappa shape index (κ2) is 11.4. The maximum atomic E-state index is 12.8. The average molecular weight is 480 g/mol. The summed E-state index contributed by atoms with van der Waals surface area (Å²) < 4.78 is 0. The van der Waals surface area contributed by atoms with E-state index in [1.807, 2.05) is 0 Å². The smallest absolute Gasteiger partial charge is 0.255 e. The predicted octanol–water partition coefficient (Wildman–Crippen LogP) is 1.15. The van der Waals surface area contributed by atoms with Crippen LogP contribution in [0.3, 0.4) is 0 Å². The Labute approximate surface area is 200 Å². The molecule has 0 bridgehead atoms. The van der Waals surface area contributed by atoms with E-state index in [1.54, 1.807) is 0 Å². The summed E-state index contributed by atoms with van der Waals surface area (Å²) >= 11 is 0. The van der Waals surface area contributed by atoms with Crippen molar-refractivity contribution in [3.8, 4) is 0 Å². The highest BCUT2D eigenvalue weighted by Gasteiger charge is 2.15. The number of aromatic nitrogens is 2. The SMILES string of the molecule is CC(=O)c1cc(NC(=O)c2cc(CO)nc(CO)c2)cc(NC(=O)c2cc(CO)nc(CO)c2)c1. The molecule has 11 nitrogen and oxygen atoms in total. The molecule has 2 heterocycles. The molecular weight excluding hydrogens is 456 g/mol. The molecule has 3 rings (SSSR count). The van der Waals surface area contributed by atoms with Gasteiger partial charge in [0.25, 0.3) is 11.8 Å². The number of aliphatic hydroxyl groups is 4. The number of ketones is 1. The molecule has 0 aliphatic rings. The zero-order chi connectivity index (χ0) is 25.5. The van der Waals surface area contributed by atoms with Crippen LogP contribution in [0, 0.1) is 0 Å². The number of hydrogen-bond acceptors (Lipinski definition) is 9. The van der Waals surface area contributed by atoms with Crippen LogP contribution < -0.4 is 10.6 Å². The molecule has 182 valence electrons. The Hall–Kier alpha value is -4.03. The van der Waals surface area contributed by atoms with E-state index in [2.05, 4.69) is 20.6 Å². The van der Waals surface area contributed by atoms with Crippen molar-refractivity contribution in [2.75, 3.05) is 10.6 Å². The number of Topliss-reactive ketones (excluding diaryl/α,β-unsaturated/α-hetero) is 1. The quantitative estimate of drug-likeness (QED) is 0.245. The minimum atomic E-state index is -0.580. The molecule has 0 unspecified atom stereocenters. The van der Waals surface area contributed by atoms with Crippen LogP contribution >= 0.6 is 0 Å². The van der Waals surface area contributed by atoms with Crippen LogP contribution in [-0.4, -0.2) is 48.0 Å². The van der Waals surface area contributed by atoms with Gasteiger partial charge in [-0.1, -0.05) is 0 Å². The first-order valence-electron chi connectivity index (χ1n) is 10.5. The highest BCUT2D eigenvalue weighted by molar-refractivity contribution is 6.08. The number of pyridine rings is 2. The molecule has 0 saturated carbocycles. The molecule has 0 radical (unpaired) electrons. The van der Waals surface area contributed by atoms with Gasteiger partial charge in [-0.25, -0.2) is 0 Å². The summed E-state index contributed by atoms with van der Waals surface area (Å²) in [5, 5.41) is 42.7. The monoisotopic (exact) mass is 480 g/mol. The number of hydrogen-bond donors (Lipinski definition) is 6. The number of carbonyl (C=O) groups is 3. The van der Waals surface area contributed by atoms with Crippen LogP contribution in [0.1, 0.15) is 60.8 Å². The molecule has 0 atom stereocenters. The van der Waals surface area contributed by atoms with E-state index < -0.39 is 38.2 Å². The average Bonchev–Trinajstić information content (AvgIpc) is 2.87. The normalized spacial score (nSPS) is 10.7. The van der Waals surface area contributed by atoms with Gasteiger partial charge in [-0.05, 0) is 49.4 Å². The van der Waals surface area contributed by atoms with Crippen LogP contribution in [-0.2, 0) is 26.4 Å². The third-order valence-corrected chi connectivity index (χ3v) is 4.89. The fraction of sp³-hybridized carbons (Fsp3) is 0.208. The van der Waals surface area contributed by atoms with Crippen LogP contribution in [0.4, 0.5) is 11.4 Å². The highest BCUT2D eigenvalue weighted by atomic mass is 16.3. The fourth-order valence-corrected chi connectivity index (χ4v) is 3.27. The van der Waals surface area contributed by atoms with Gasteiger partial charge in [0.15, 0.2) is 5.78 Å². The molecule has 6 N–H and O–H groups in total. The lowest BCUT2D eigenvalue weighted by Gasteiger charge is -2.13. The van der Waals surface area contributed by atoms with E-state index in [4.69, 9.17) is 0 Å². The van der Waals surface area contributed by atoms with E-state index in [0.717, 1.165) is 0 Å². The van der Waals surface area contributed by atoms with E-state index in [1.165, 1.54) is 49.4 Å². The molecule has 0 saturated heterocycles. The van der Waals surface area contributed by atoms with Gasteiger partial charge >= 0.3 is 0 Å². The molecule has 0 spiro atoms. The summed E-state index contributed by atoms with van der Waals surface area (Å²) in [5.74, 6) is -1.46. The zero-order valence-corrected chi connectivity index (χ0v) is 18.8. The lowest BCUT2D eigenvalue weighted by molar-refractivity contribution is 0.100. The van der Waals surface area contributed by atoms with Crippen molar-refractivity contribution >= 4 is 29.0 Å². The number of carbonyl (C=O) groups excluding carboxylic acids is 3. The van der Waals surface area contributed by atoms with Crippen molar-refractivity contribution in [3.05, 3.63) is 81.9 Å². The summed E-state index contributed by atoms with van der Waals surface area (Å²) in [4.78, 5) is 45.6. The molecule has 1 aromatic carbocycles. The number of nitrogens with one attached hydrogen (secondary N) is 2. The van der Waals surface area contributed by atoms with Crippen molar-refractivity contribution in [1.29, 1.82) is 0 Å². The first kappa shape index (κ1) is 25.6. The second-order valence-corrected chi connectivity index (χ2v) is 7.57. The lowest BCUT2D eigenvalue weighted by atomic mass is 10.1. The van der Waals surface area contributed by atoms with Crippen molar-refractivity contribution in [2.45, 2.75) is 33.4 Å². The number of benzene rings is 1. The summed E-state index contributed by atoms with van der Waals surface area (Å²) in [6.07, 6.45) is 0. The first-order chi connectivity index (χ1) is 16.8. The highest BCUT2D eigenvalue weighted by Crippen LogP contribution is 2.22. The van der Waals surface area contributed by atoms with E-state index in [-0.39, 0.29) is 56.6 Å². The molecule has 0 aliphatic carbocycles. The first-order valence-corrected chi connectivity index (χ1v) is 10.5. The molecule has 2 aromatic heterocycles. The van der Waals surface area contributed by atoms with Gasteiger partial charge in [0.1, 0.15) is 0 Å². The van der Waals surface area contributed by atoms with Crippen molar-refractivity contribution < 1.29 is 34.8 Å². The number of amides is 2. The molecular formula is C24H24N4O7. The van der Waals surface area contributed by atoms with Crippen LogP contribution in [0.5, 0.6) is 0 Å². The molecule has 11 heteroatoms. The molecule has 3 aromatic rings. The maximum absolute atomic E-state index is 12.8. The summed E-state index contributed by atoms with van der Waals surface area (Å²) in [6.45, 7) is -0.352. The number of aliphatic hydroxyl groups excluding tert-OH is 4. The Balaban J connectivity index is 1.90. The summed E-state index contributed by atoms with van der Waals surface area (Å²) in [5.41, 5.74) is 1.74. The van der Waals surface area contributed by atoms with Gasteiger partial charge in [0.05, 0.1) is 49.2 Å². The van der Waals surface area contributed by atoms with Gasteiger partial charge in [-0.15, -0.1) is 0 Å². The Morgan fingerprint density at radius 1 is 0.600 bits per heavy atom. The Morgan fingerprint density at radius 2 is 0.943 bits per heavy atom. The Morgan fingerprint density at radius 3 is 1.23 bits per heavy atom. The Bertz CT molecular complexity index is 1140. The zero-order valence-electron chi connectivity index (χ0n) is 18.8. The van der Waals surface area contributed by atoms with Crippen molar-refractivity contribution in [3.63, 3.8) is 0 Å². The van der Waals surface area contributed by atoms with E-state index in [9.17, 15) is 34.8 Å². The maximum Gasteiger partial charge on any atom is 0.255 e. The largest absolute Gasteiger partial charge is 0.390 e. The summed E-state index contributed by atoms with van der Waals surface area (Å²) in [7, 11) is 0. The Kier molecular flexibility index (Phi) is 8.34. The molecule has 2 amide bonds. The fourth-order valence-electron chi connectivity index (χ4n) is 3.27. The summed E-state index contributed by atoms with van der Waals surface area (Å²) in [6, 6.07) is 9.80. The number of nitrogens with zero attached hydrogens (tertiary/aromatic N) is 2. The van der Waals surface area contributed by atoms with Crippen LogP contribution in [0.25, 0.3) is 0 Å². The third-order valence-electron chi connectivity index (χ3n) is 4.89. The lowest BCUT2D eigenvalue weighted by Crippen LogP contribution is -2.16. The van der Waals surface area contributed by atoms with Crippen LogP contribution in [0.2, 0.25) is 0 Å². The number of rotatable bonds is 9. The minimum Gasteiger partial charge on any atom is -0.390 e. The van der Waals surface area contributed by atoms with Gasteiger partial charge in [0.2, 0.25) is 0 Å². The van der Waals surface area contributed by atoms with Gasteiger partial charge in [0, 0.05) is 28.1 Å². The standard InChI is InChI=1S/C24H24N4O7/c1-13(33)14-2-17(27-23(34)15-4-19(9-29)25-20(5-15)10-30)8-18(3-14)28-24(35)16-6-21(11-31)26-22(7-16)12-32/h2-8,29-32H,9-12H2,1H3,(H,27,34)(H,28,35). The van der Waals surface area contributed by atoms with E-state index >= 15 is 0 Å². The predicted molar refractivity (Wildman–Crippen MR) is 125 cm³/mol. The molecule has 0 aliphatic heterocycles. The topological polar surface area (TPSA) is 182 Å². The van der Waals surface area contributed by atoms with Crippen molar-refractivity contribution in [1.82, 2.24) is 9.97 Å². The molecule has 0 fully saturated rings. The van der Waals surface area contributed by atoms with Gasteiger partial charge in [-0.3, -0.25) is 24.4 Å². The van der Waals surface area contributed by atoms with Gasteiger partial charge in [-0.2, -0.15) is 0 Å². The van der Waals surface area contributed by atoms with E-state index in [0.29, 0.717) is 0 Å². The van der Waals surface area contributed by atoms with Gasteiger partial charge < -0.3 is 31.1 Å². The third kappa shape index (κ3) is 6.52.